The van der Waals surface area contributed by atoms with E-state index < -0.39 is 0 Å². The van der Waals surface area contributed by atoms with Gasteiger partial charge in [-0.05, 0) is 49.7 Å². The van der Waals surface area contributed by atoms with Crippen molar-refractivity contribution in [2.24, 2.45) is 0 Å². The third-order valence-electron chi connectivity index (χ3n) is 3.53. The van der Waals surface area contributed by atoms with Crippen molar-refractivity contribution in [1.29, 1.82) is 0 Å². The van der Waals surface area contributed by atoms with Crippen LogP contribution in [-0.4, -0.2) is 7.05 Å². The highest BCUT2D eigenvalue weighted by molar-refractivity contribution is 5.32. The average Bonchev–Trinajstić information content (AvgIpc) is 2.46. The first-order valence-electron chi connectivity index (χ1n) is 6.76. The SMILES string of the molecule is CNC(C)c1ccc(OCc2ccccc2C)c(F)c1. The molecule has 1 unspecified atom stereocenters. The second-order valence-electron chi connectivity index (χ2n) is 4.92. The van der Waals surface area contributed by atoms with Gasteiger partial charge in [0, 0.05) is 6.04 Å². The number of hydrogen-bond acceptors (Lipinski definition) is 2. The van der Waals surface area contributed by atoms with E-state index in [4.69, 9.17) is 4.74 Å². The van der Waals surface area contributed by atoms with E-state index in [1.807, 2.05) is 51.2 Å². The fourth-order valence-electron chi connectivity index (χ4n) is 2.00. The summed E-state index contributed by atoms with van der Waals surface area (Å²) in [5.74, 6) is -0.0292. The number of nitrogens with one attached hydrogen (secondary N) is 1. The van der Waals surface area contributed by atoms with Gasteiger partial charge in [-0.1, -0.05) is 30.3 Å². The van der Waals surface area contributed by atoms with Crippen molar-refractivity contribution >= 4 is 0 Å². The molecule has 2 aromatic carbocycles. The average molecular weight is 273 g/mol. The largest absolute Gasteiger partial charge is 0.486 e. The summed E-state index contributed by atoms with van der Waals surface area (Å²) in [7, 11) is 1.85. The van der Waals surface area contributed by atoms with Crippen LogP contribution in [0.1, 0.15) is 29.7 Å². The van der Waals surface area contributed by atoms with Crippen LogP contribution >= 0.6 is 0 Å². The summed E-state index contributed by atoms with van der Waals surface area (Å²) >= 11 is 0. The fourth-order valence-corrected chi connectivity index (χ4v) is 2.00. The first kappa shape index (κ1) is 14.5. The van der Waals surface area contributed by atoms with Crippen molar-refractivity contribution < 1.29 is 9.13 Å². The van der Waals surface area contributed by atoms with Crippen molar-refractivity contribution in [2.75, 3.05) is 7.05 Å². The highest BCUT2D eigenvalue weighted by atomic mass is 19.1. The first-order chi connectivity index (χ1) is 9.61. The standard InChI is InChI=1S/C17H20FNO/c1-12-6-4-5-7-15(12)11-20-17-9-8-14(10-16(17)18)13(2)19-3/h4-10,13,19H,11H2,1-3H3. The molecule has 1 atom stereocenters. The Balaban J connectivity index is 2.09. The van der Waals surface area contributed by atoms with Gasteiger partial charge in [-0.2, -0.15) is 0 Å². The monoisotopic (exact) mass is 273 g/mol. The molecular weight excluding hydrogens is 253 g/mol. The molecule has 0 spiro atoms. The normalized spacial score (nSPS) is 12.2. The minimum atomic E-state index is -0.321. The van der Waals surface area contributed by atoms with Crippen molar-refractivity contribution in [3.8, 4) is 5.75 Å². The second kappa shape index (κ2) is 6.53. The Hall–Kier alpha value is -1.87. The molecule has 0 aromatic heterocycles. The summed E-state index contributed by atoms with van der Waals surface area (Å²) in [6.07, 6.45) is 0. The molecule has 0 amide bonds. The van der Waals surface area contributed by atoms with Gasteiger partial charge in [0.2, 0.25) is 0 Å². The lowest BCUT2D eigenvalue weighted by molar-refractivity contribution is 0.289. The van der Waals surface area contributed by atoms with E-state index >= 15 is 0 Å². The van der Waals surface area contributed by atoms with Crippen LogP contribution in [0.4, 0.5) is 4.39 Å². The number of hydrogen-bond donors (Lipinski definition) is 1. The zero-order valence-corrected chi connectivity index (χ0v) is 12.1. The third kappa shape index (κ3) is 3.36. The molecule has 0 fully saturated rings. The Bertz CT molecular complexity index is 583. The van der Waals surface area contributed by atoms with E-state index in [-0.39, 0.29) is 11.9 Å². The lowest BCUT2D eigenvalue weighted by Gasteiger charge is -2.13. The van der Waals surface area contributed by atoms with Gasteiger partial charge in [0.25, 0.3) is 0 Å². The smallest absolute Gasteiger partial charge is 0.165 e. The topological polar surface area (TPSA) is 21.3 Å². The maximum atomic E-state index is 14.0. The minimum absolute atomic E-state index is 0.120. The molecule has 106 valence electrons. The van der Waals surface area contributed by atoms with Gasteiger partial charge in [-0.25, -0.2) is 4.39 Å². The van der Waals surface area contributed by atoms with Crippen LogP contribution in [-0.2, 0) is 6.61 Å². The zero-order valence-electron chi connectivity index (χ0n) is 12.1. The lowest BCUT2D eigenvalue weighted by atomic mass is 10.1. The molecule has 1 N–H and O–H groups in total. The summed E-state index contributed by atoms with van der Waals surface area (Å²) in [6.45, 7) is 4.39. The van der Waals surface area contributed by atoms with Crippen LogP contribution < -0.4 is 10.1 Å². The van der Waals surface area contributed by atoms with Crippen LogP contribution in [0, 0.1) is 12.7 Å². The van der Waals surface area contributed by atoms with Crippen molar-refractivity contribution in [3.63, 3.8) is 0 Å². The molecular formula is C17H20FNO. The summed E-state index contributed by atoms with van der Waals surface area (Å²) in [5.41, 5.74) is 3.13. The first-order valence-corrected chi connectivity index (χ1v) is 6.76. The Kier molecular flexibility index (Phi) is 4.74. The highest BCUT2D eigenvalue weighted by Gasteiger charge is 2.09. The maximum Gasteiger partial charge on any atom is 0.165 e. The van der Waals surface area contributed by atoms with Gasteiger partial charge in [0.15, 0.2) is 11.6 Å². The summed E-state index contributed by atoms with van der Waals surface area (Å²) in [6, 6.07) is 13.2. The van der Waals surface area contributed by atoms with Gasteiger partial charge in [0.1, 0.15) is 6.61 Å². The summed E-state index contributed by atoms with van der Waals surface area (Å²) in [5, 5.41) is 3.09. The second-order valence-corrected chi connectivity index (χ2v) is 4.92. The molecule has 0 bridgehead atoms. The zero-order chi connectivity index (χ0) is 14.5. The van der Waals surface area contributed by atoms with E-state index in [0.717, 1.165) is 16.7 Å². The predicted molar refractivity (Wildman–Crippen MR) is 79.4 cm³/mol. The van der Waals surface area contributed by atoms with E-state index in [9.17, 15) is 4.39 Å². The molecule has 0 saturated heterocycles. The van der Waals surface area contributed by atoms with Crippen LogP contribution in [0.3, 0.4) is 0 Å². The minimum Gasteiger partial charge on any atom is -0.486 e. The van der Waals surface area contributed by atoms with Gasteiger partial charge in [0.05, 0.1) is 0 Å². The van der Waals surface area contributed by atoms with Crippen molar-refractivity contribution in [1.82, 2.24) is 5.32 Å². The molecule has 0 aliphatic carbocycles. The van der Waals surface area contributed by atoms with Gasteiger partial charge in [-0.3, -0.25) is 0 Å². The van der Waals surface area contributed by atoms with E-state index in [0.29, 0.717) is 12.4 Å². The molecule has 0 saturated carbocycles. The number of ether oxygens (including phenoxy) is 1. The third-order valence-corrected chi connectivity index (χ3v) is 3.53. The maximum absolute atomic E-state index is 14.0. The lowest BCUT2D eigenvalue weighted by Crippen LogP contribution is -2.12. The van der Waals surface area contributed by atoms with Crippen LogP contribution in [0.5, 0.6) is 5.75 Å². The van der Waals surface area contributed by atoms with Gasteiger partial charge < -0.3 is 10.1 Å². The van der Waals surface area contributed by atoms with Gasteiger partial charge in [-0.15, -0.1) is 0 Å². The molecule has 2 nitrogen and oxygen atoms in total. The highest BCUT2D eigenvalue weighted by Crippen LogP contribution is 2.23. The fraction of sp³-hybridized carbons (Fsp3) is 0.294. The molecule has 2 aromatic rings. The molecule has 2 rings (SSSR count). The Morgan fingerprint density at radius 1 is 1.20 bits per heavy atom. The Morgan fingerprint density at radius 3 is 2.60 bits per heavy atom. The van der Waals surface area contributed by atoms with Crippen LogP contribution in [0.25, 0.3) is 0 Å². The summed E-state index contributed by atoms with van der Waals surface area (Å²) in [4.78, 5) is 0. The van der Waals surface area contributed by atoms with Crippen molar-refractivity contribution in [2.45, 2.75) is 26.5 Å². The van der Waals surface area contributed by atoms with E-state index in [1.54, 1.807) is 6.07 Å². The van der Waals surface area contributed by atoms with Gasteiger partial charge >= 0.3 is 0 Å². The molecule has 3 heteroatoms. The molecule has 0 aliphatic rings. The Morgan fingerprint density at radius 2 is 1.95 bits per heavy atom. The molecule has 0 aliphatic heterocycles. The van der Waals surface area contributed by atoms with E-state index in [1.165, 1.54) is 6.07 Å². The molecule has 0 radical (unpaired) electrons. The van der Waals surface area contributed by atoms with Crippen LogP contribution in [0.2, 0.25) is 0 Å². The number of rotatable bonds is 5. The number of benzene rings is 2. The number of halogens is 1. The Labute approximate surface area is 119 Å². The van der Waals surface area contributed by atoms with Crippen LogP contribution in [0.15, 0.2) is 42.5 Å². The molecule has 20 heavy (non-hydrogen) atoms. The predicted octanol–water partition coefficient (Wildman–Crippen LogP) is 3.99. The summed E-state index contributed by atoms with van der Waals surface area (Å²) < 4.78 is 19.6. The van der Waals surface area contributed by atoms with E-state index in [2.05, 4.69) is 5.32 Å². The number of aryl methyl sites for hydroxylation is 1. The molecule has 0 heterocycles. The quantitative estimate of drug-likeness (QED) is 0.889. The van der Waals surface area contributed by atoms with Crippen molar-refractivity contribution in [3.05, 3.63) is 65.0 Å².